The van der Waals surface area contributed by atoms with Crippen LogP contribution in [0.5, 0.6) is 11.5 Å². The molecule has 0 heterocycles. The molecule has 2 aromatic rings. The van der Waals surface area contributed by atoms with Gasteiger partial charge in [0.1, 0.15) is 11.5 Å². The van der Waals surface area contributed by atoms with Gasteiger partial charge in [-0.1, -0.05) is 18.2 Å². The van der Waals surface area contributed by atoms with Crippen LogP contribution in [0.3, 0.4) is 0 Å². The predicted octanol–water partition coefficient (Wildman–Crippen LogP) is 2.80. The first-order valence-electron chi connectivity index (χ1n) is 7.16. The maximum atomic E-state index is 12.5. The maximum absolute atomic E-state index is 12.5. The van der Waals surface area contributed by atoms with Gasteiger partial charge in [-0.2, -0.15) is 0 Å². The molecular formula is C17H21NO4S. The van der Waals surface area contributed by atoms with E-state index < -0.39 is 10.0 Å². The Hall–Kier alpha value is -2.05. The summed E-state index contributed by atoms with van der Waals surface area (Å²) in [6.07, 6.45) is 0. The standard InChI is InChI=1S/C17H21NO4S/c1-12-7-5-6-8-17(12)23(19,20)18-11-14-10-15(21-3)13(2)9-16(14)22-4/h5-10,18H,11H2,1-4H3. The third-order valence-electron chi connectivity index (χ3n) is 3.63. The minimum Gasteiger partial charge on any atom is -0.496 e. The summed E-state index contributed by atoms with van der Waals surface area (Å²) >= 11 is 0. The number of sulfonamides is 1. The third-order valence-corrected chi connectivity index (χ3v) is 5.20. The summed E-state index contributed by atoms with van der Waals surface area (Å²) in [4.78, 5) is 0.276. The Morgan fingerprint density at radius 3 is 2.22 bits per heavy atom. The summed E-state index contributed by atoms with van der Waals surface area (Å²) < 4.78 is 38.2. The molecule has 0 saturated carbocycles. The molecule has 5 nitrogen and oxygen atoms in total. The first kappa shape index (κ1) is 17.3. The van der Waals surface area contributed by atoms with Crippen molar-refractivity contribution in [1.29, 1.82) is 0 Å². The zero-order valence-corrected chi connectivity index (χ0v) is 14.5. The number of methoxy groups -OCH3 is 2. The van der Waals surface area contributed by atoms with Gasteiger partial charge in [0, 0.05) is 12.1 Å². The molecule has 0 aliphatic heterocycles. The van der Waals surface area contributed by atoms with Gasteiger partial charge >= 0.3 is 0 Å². The molecule has 0 aliphatic carbocycles. The number of aryl methyl sites for hydroxylation is 2. The minimum absolute atomic E-state index is 0.122. The van der Waals surface area contributed by atoms with Crippen molar-refractivity contribution >= 4 is 10.0 Å². The van der Waals surface area contributed by atoms with Crippen molar-refractivity contribution in [3.8, 4) is 11.5 Å². The molecule has 0 fully saturated rings. The fourth-order valence-corrected chi connectivity index (χ4v) is 3.61. The van der Waals surface area contributed by atoms with E-state index in [0.717, 1.165) is 5.56 Å². The van der Waals surface area contributed by atoms with E-state index in [0.29, 0.717) is 22.6 Å². The van der Waals surface area contributed by atoms with Gasteiger partial charge in [-0.25, -0.2) is 13.1 Å². The normalized spacial score (nSPS) is 11.3. The molecular weight excluding hydrogens is 314 g/mol. The van der Waals surface area contributed by atoms with Crippen LogP contribution in [-0.2, 0) is 16.6 Å². The van der Waals surface area contributed by atoms with Gasteiger partial charge in [0.25, 0.3) is 0 Å². The van der Waals surface area contributed by atoms with Crippen molar-refractivity contribution in [2.75, 3.05) is 14.2 Å². The minimum atomic E-state index is -3.59. The zero-order chi connectivity index (χ0) is 17.0. The number of hydrogen-bond acceptors (Lipinski definition) is 4. The molecule has 0 unspecified atom stereocenters. The summed E-state index contributed by atoms with van der Waals surface area (Å²) in [7, 11) is -0.455. The van der Waals surface area contributed by atoms with Crippen LogP contribution in [0.2, 0.25) is 0 Å². The van der Waals surface area contributed by atoms with E-state index in [1.54, 1.807) is 45.4 Å². The summed E-state index contributed by atoms with van der Waals surface area (Å²) in [6, 6.07) is 10.5. The highest BCUT2D eigenvalue weighted by atomic mass is 32.2. The Kier molecular flexibility index (Phi) is 5.28. The van der Waals surface area contributed by atoms with Crippen molar-refractivity contribution < 1.29 is 17.9 Å². The van der Waals surface area contributed by atoms with E-state index in [4.69, 9.17) is 9.47 Å². The van der Waals surface area contributed by atoms with E-state index in [9.17, 15) is 8.42 Å². The van der Waals surface area contributed by atoms with Crippen molar-refractivity contribution in [3.63, 3.8) is 0 Å². The quantitative estimate of drug-likeness (QED) is 0.882. The third kappa shape index (κ3) is 3.83. The van der Waals surface area contributed by atoms with E-state index in [1.807, 2.05) is 19.1 Å². The number of rotatable bonds is 6. The highest BCUT2D eigenvalue weighted by Gasteiger charge is 2.17. The lowest BCUT2D eigenvalue weighted by Gasteiger charge is -2.14. The van der Waals surface area contributed by atoms with Crippen LogP contribution in [0, 0.1) is 13.8 Å². The molecule has 0 aromatic heterocycles. The number of ether oxygens (including phenoxy) is 2. The molecule has 0 saturated heterocycles. The zero-order valence-electron chi connectivity index (χ0n) is 13.7. The predicted molar refractivity (Wildman–Crippen MR) is 89.5 cm³/mol. The summed E-state index contributed by atoms with van der Waals surface area (Å²) in [6.45, 7) is 3.79. The Morgan fingerprint density at radius 1 is 0.957 bits per heavy atom. The van der Waals surface area contributed by atoms with Crippen molar-refractivity contribution in [1.82, 2.24) is 4.72 Å². The van der Waals surface area contributed by atoms with Crippen LogP contribution >= 0.6 is 0 Å². The molecule has 0 aliphatic rings. The van der Waals surface area contributed by atoms with Crippen LogP contribution in [-0.4, -0.2) is 22.6 Å². The van der Waals surface area contributed by atoms with Crippen LogP contribution in [0.4, 0.5) is 0 Å². The molecule has 0 bridgehead atoms. The Bertz CT molecular complexity index is 800. The van der Waals surface area contributed by atoms with Gasteiger partial charge in [-0.15, -0.1) is 0 Å². The lowest BCUT2D eigenvalue weighted by atomic mass is 10.1. The Balaban J connectivity index is 2.28. The summed E-state index contributed by atoms with van der Waals surface area (Å²) in [5.74, 6) is 1.31. The lowest BCUT2D eigenvalue weighted by Crippen LogP contribution is -2.24. The molecule has 2 rings (SSSR count). The SMILES string of the molecule is COc1cc(CNS(=O)(=O)c2ccccc2C)c(OC)cc1C. The van der Waals surface area contributed by atoms with Crippen molar-refractivity contribution in [2.24, 2.45) is 0 Å². The molecule has 0 amide bonds. The van der Waals surface area contributed by atoms with Crippen LogP contribution < -0.4 is 14.2 Å². The molecule has 23 heavy (non-hydrogen) atoms. The van der Waals surface area contributed by atoms with Crippen LogP contribution in [0.15, 0.2) is 41.3 Å². The van der Waals surface area contributed by atoms with Gasteiger partial charge in [0.05, 0.1) is 19.1 Å². The summed E-state index contributed by atoms with van der Waals surface area (Å²) in [5.41, 5.74) is 2.34. The largest absolute Gasteiger partial charge is 0.496 e. The molecule has 0 spiro atoms. The van der Waals surface area contributed by atoms with E-state index in [1.165, 1.54) is 0 Å². The van der Waals surface area contributed by atoms with Gasteiger partial charge in [0.2, 0.25) is 10.0 Å². The van der Waals surface area contributed by atoms with E-state index in [-0.39, 0.29) is 11.4 Å². The molecule has 2 aromatic carbocycles. The molecule has 124 valence electrons. The first-order chi connectivity index (χ1) is 10.9. The number of hydrogen-bond donors (Lipinski definition) is 1. The Labute approximate surface area is 137 Å². The van der Waals surface area contributed by atoms with Gasteiger partial charge in [-0.3, -0.25) is 0 Å². The second kappa shape index (κ2) is 7.02. The highest BCUT2D eigenvalue weighted by Crippen LogP contribution is 2.28. The molecule has 0 radical (unpaired) electrons. The first-order valence-corrected chi connectivity index (χ1v) is 8.64. The van der Waals surface area contributed by atoms with Crippen LogP contribution in [0.1, 0.15) is 16.7 Å². The van der Waals surface area contributed by atoms with Crippen molar-refractivity contribution in [3.05, 3.63) is 53.1 Å². The van der Waals surface area contributed by atoms with E-state index in [2.05, 4.69) is 4.72 Å². The van der Waals surface area contributed by atoms with Gasteiger partial charge in [0.15, 0.2) is 0 Å². The van der Waals surface area contributed by atoms with Gasteiger partial charge < -0.3 is 9.47 Å². The smallest absolute Gasteiger partial charge is 0.241 e. The lowest BCUT2D eigenvalue weighted by molar-refractivity contribution is 0.396. The molecule has 1 N–H and O–H groups in total. The fourth-order valence-electron chi connectivity index (χ4n) is 2.36. The van der Waals surface area contributed by atoms with Crippen LogP contribution in [0.25, 0.3) is 0 Å². The highest BCUT2D eigenvalue weighted by molar-refractivity contribution is 7.89. The van der Waals surface area contributed by atoms with E-state index >= 15 is 0 Å². The maximum Gasteiger partial charge on any atom is 0.241 e. The molecule has 6 heteroatoms. The Morgan fingerprint density at radius 2 is 1.61 bits per heavy atom. The number of benzene rings is 2. The number of nitrogens with one attached hydrogen (secondary N) is 1. The average Bonchev–Trinajstić information content (AvgIpc) is 2.53. The van der Waals surface area contributed by atoms with Gasteiger partial charge in [-0.05, 0) is 43.2 Å². The van der Waals surface area contributed by atoms with Crippen molar-refractivity contribution in [2.45, 2.75) is 25.3 Å². The summed E-state index contributed by atoms with van der Waals surface area (Å²) in [5, 5.41) is 0. The second-order valence-electron chi connectivity index (χ2n) is 5.22. The average molecular weight is 335 g/mol. The second-order valence-corrected chi connectivity index (χ2v) is 6.96. The molecule has 0 atom stereocenters. The monoisotopic (exact) mass is 335 g/mol. The topological polar surface area (TPSA) is 64.6 Å². The fraction of sp³-hybridized carbons (Fsp3) is 0.294.